The molecule has 0 saturated heterocycles. The average Bonchev–Trinajstić information content (AvgIpc) is 2.53. The standard InChI is InChI=1S/C16H17FO4/c1-19-10-7-8-13(20-2)11(9-10)16(18)15-12(17)5-4-6-14(15)21-3/h4-9,16,18H,1-3H3. The van der Waals surface area contributed by atoms with Crippen molar-refractivity contribution in [3.63, 3.8) is 0 Å². The SMILES string of the molecule is COc1ccc(OC)c(C(O)c2c(F)cccc2OC)c1. The average molecular weight is 292 g/mol. The first-order valence-electron chi connectivity index (χ1n) is 6.34. The summed E-state index contributed by atoms with van der Waals surface area (Å²) in [5.41, 5.74) is 0.465. The molecule has 0 aliphatic carbocycles. The van der Waals surface area contributed by atoms with Gasteiger partial charge in [-0.25, -0.2) is 4.39 Å². The van der Waals surface area contributed by atoms with Gasteiger partial charge in [-0.3, -0.25) is 0 Å². The van der Waals surface area contributed by atoms with Crippen molar-refractivity contribution in [3.05, 3.63) is 53.3 Å². The van der Waals surface area contributed by atoms with Crippen LogP contribution in [0.4, 0.5) is 4.39 Å². The van der Waals surface area contributed by atoms with Gasteiger partial charge < -0.3 is 19.3 Å². The van der Waals surface area contributed by atoms with E-state index in [0.29, 0.717) is 17.1 Å². The molecule has 112 valence electrons. The number of methoxy groups -OCH3 is 3. The van der Waals surface area contributed by atoms with Gasteiger partial charge in [-0.1, -0.05) is 6.07 Å². The zero-order valence-corrected chi connectivity index (χ0v) is 12.1. The number of aliphatic hydroxyl groups excluding tert-OH is 1. The fourth-order valence-electron chi connectivity index (χ4n) is 2.17. The first-order chi connectivity index (χ1) is 10.1. The Kier molecular flexibility index (Phi) is 4.65. The highest BCUT2D eigenvalue weighted by molar-refractivity contribution is 5.48. The number of ether oxygens (including phenoxy) is 3. The van der Waals surface area contributed by atoms with Crippen LogP contribution in [0.5, 0.6) is 17.2 Å². The summed E-state index contributed by atoms with van der Waals surface area (Å²) in [5.74, 6) is 0.702. The lowest BCUT2D eigenvalue weighted by Gasteiger charge is -2.19. The van der Waals surface area contributed by atoms with E-state index in [1.807, 2.05) is 0 Å². The van der Waals surface area contributed by atoms with Gasteiger partial charge in [0, 0.05) is 5.56 Å². The minimum absolute atomic E-state index is 0.0616. The smallest absolute Gasteiger partial charge is 0.133 e. The minimum Gasteiger partial charge on any atom is -0.497 e. The van der Waals surface area contributed by atoms with Crippen molar-refractivity contribution in [1.82, 2.24) is 0 Å². The molecular formula is C16H17FO4. The molecule has 2 aromatic carbocycles. The number of aliphatic hydroxyl groups is 1. The number of hydrogen-bond donors (Lipinski definition) is 1. The second-order valence-corrected chi connectivity index (χ2v) is 4.37. The molecule has 0 aliphatic rings. The lowest BCUT2D eigenvalue weighted by molar-refractivity contribution is 0.203. The highest BCUT2D eigenvalue weighted by Gasteiger charge is 2.23. The lowest BCUT2D eigenvalue weighted by atomic mass is 9.99. The minimum atomic E-state index is -1.23. The van der Waals surface area contributed by atoms with Crippen LogP contribution in [-0.4, -0.2) is 26.4 Å². The molecule has 0 spiro atoms. The van der Waals surface area contributed by atoms with Crippen LogP contribution in [0, 0.1) is 5.82 Å². The van der Waals surface area contributed by atoms with Crippen LogP contribution in [0.2, 0.25) is 0 Å². The fourth-order valence-corrected chi connectivity index (χ4v) is 2.17. The number of halogens is 1. The molecule has 1 atom stereocenters. The maximum atomic E-state index is 14.1. The third-order valence-electron chi connectivity index (χ3n) is 3.24. The van der Waals surface area contributed by atoms with Gasteiger partial charge in [0.25, 0.3) is 0 Å². The highest BCUT2D eigenvalue weighted by atomic mass is 19.1. The molecule has 0 aliphatic heterocycles. The normalized spacial score (nSPS) is 11.9. The number of hydrogen-bond acceptors (Lipinski definition) is 4. The van der Waals surface area contributed by atoms with Gasteiger partial charge in [0.1, 0.15) is 29.2 Å². The molecular weight excluding hydrogens is 275 g/mol. The molecule has 0 aromatic heterocycles. The molecule has 1 N–H and O–H groups in total. The van der Waals surface area contributed by atoms with E-state index in [4.69, 9.17) is 14.2 Å². The maximum absolute atomic E-state index is 14.1. The van der Waals surface area contributed by atoms with Crippen LogP contribution in [0.1, 0.15) is 17.2 Å². The second kappa shape index (κ2) is 6.45. The molecule has 0 bridgehead atoms. The van der Waals surface area contributed by atoms with E-state index < -0.39 is 11.9 Å². The van der Waals surface area contributed by atoms with Crippen LogP contribution >= 0.6 is 0 Å². The van der Waals surface area contributed by atoms with Crippen LogP contribution in [0.3, 0.4) is 0 Å². The van der Waals surface area contributed by atoms with E-state index in [1.54, 1.807) is 24.3 Å². The van der Waals surface area contributed by atoms with Crippen molar-refractivity contribution >= 4 is 0 Å². The third kappa shape index (κ3) is 2.92. The van der Waals surface area contributed by atoms with E-state index >= 15 is 0 Å². The molecule has 21 heavy (non-hydrogen) atoms. The van der Waals surface area contributed by atoms with E-state index in [9.17, 15) is 9.50 Å². The zero-order valence-electron chi connectivity index (χ0n) is 12.1. The van der Waals surface area contributed by atoms with Crippen LogP contribution in [0.25, 0.3) is 0 Å². The topological polar surface area (TPSA) is 47.9 Å². The largest absolute Gasteiger partial charge is 0.497 e. The Bertz CT molecular complexity index is 628. The lowest BCUT2D eigenvalue weighted by Crippen LogP contribution is -2.07. The number of benzene rings is 2. The van der Waals surface area contributed by atoms with Crippen molar-refractivity contribution in [1.29, 1.82) is 0 Å². The van der Waals surface area contributed by atoms with Crippen LogP contribution in [-0.2, 0) is 0 Å². The summed E-state index contributed by atoms with van der Waals surface area (Å²) in [4.78, 5) is 0. The van der Waals surface area contributed by atoms with Crippen molar-refractivity contribution in [2.24, 2.45) is 0 Å². The molecule has 0 heterocycles. The maximum Gasteiger partial charge on any atom is 0.133 e. The zero-order chi connectivity index (χ0) is 15.4. The highest BCUT2D eigenvalue weighted by Crippen LogP contribution is 2.37. The molecule has 4 nitrogen and oxygen atoms in total. The first kappa shape index (κ1) is 15.1. The Morgan fingerprint density at radius 3 is 2.29 bits per heavy atom. The molecule has 1 unspecified atom stereocenters. The molecule has 0 radical (unpaired) electrons. The Balaban J connectivity index is 2.56. The summed E-state index contributed by atoms with van der Waals surface area (Å²) < 4.78 is 29.6. The predicted octanol–water partition coefficient (Wildman–Crippen LogP) is 2.93. The van der Waals surface area contributed by atoms with Crippen LogP contribution in [0.15, 0.2) is 36.4 Å². The van der Waals surface area contributed by atoms with E-state index in [-0.39, 0.29) is 11.3 Å². The summed E-state index contributed by atoms with van der Waals surface area (Å²) >= 11 is 0. The fraction of sp³-hybridized carbons (Fsp3) is 0.250. The van der Waals surface area contributed by atoms with Gasteiger partial charge in [0.15, 0.2) is 0 Å². The third-order valence-corrected chi connectivity index (χ3v) is 3.24. The predicted molar refractivity (Wildman–Crippen MR) is 76.6 cm³/mol. The van der Waals surface area contributed by atoms with Gasteiger partial charge in [-0.15, -0.1) is 0 Å². The Labute approximate surface area is 122 Å². The van der Waals surface area contributed by atoms with Gasteiger partial charge in [0.2, 0.25) is 0 Å². The summed E-state index contributed by atoms with van der Waals surface area (Å²) in [6, 6.07) is 9.35. The Morgan fingerprint density at radius 2 is 1.67 bits per heavy atom. The summed E-state index contributed by atoms with van der Waals surface area (Å²) in [6.07, 6.45) is -1.23. The second-order valence-electron chi connectivity index (χ2n) is 4.37. The molecule has 2 aromatic rings. The Morgan fingerprint density at radius 1 is 0.952 bits per heavy atom. The van der Waals surface area contributed by atoms with Gasteiger partial charge >= 0.3 is 0 Å². The van der Waals surface area contributed by atoms with Gasteiger partial charge in [-0.2, -0.15) is 0 Å². The van der Waals surface area contributed by atoms with Crippen LogP contribution < -0.4 is 14.2 Å². The Hall–Kier alpha value is -2.27. The van der Waals surface area contributed by atoms with Crippen molar-refractivity contribution in [3.8, 4) is 17.2 Å². The van der Waals surface area contributed by atoms with Gasteiger partial charge in [0.05, 0.1) is 26.9 Å². The molecule has 2 rings (SSSR count). The molecule has 0 saturated carbocycles. The molecule has 0 amide bonds. The summed E-state index contributed by atoms with van der Waals surface area (Å²) in [7, 11) is 4.42. The van der Waals surface area contributed by atoms with E-state index in [1.165, 1.54) is 33.5 Å². The summed E-state index contributed by atoms with van der Waals surface area (Å²) in [5, 5.41) is 10.6. The van der Waals surface area contributed by atoms with Crippen molar-refractivity contribution in [2.75, 3.05) is 21.3 Å². The summed E-state index contributed by atoms with van der Waals surface area (Å²) in [6.45, 7) is 0. The van der Waals surface area contributed by atoms with Crippen molar-refractivity contribution in [2.45, 2.75) is 6.10 Å². The quantitative estimate of drug-likeness (QED) is 0.920. The monoisotopic (exact) mass is 292 g/mol. The molecule has 5 heteroatoms. The van der Waals surface area contributed by atoms with E-state index in [0.717, 1.165) is 0 Å². The number of rotatable bonds is 5. The first-order valence-corrected chi connectivity index (χ1v) is 6.34. The van der Waals surface area contributed by atoms with E-state index in [2.05, 4.69) is 0 Å². The molecule has 0 fully saturated rings. The van der Waals surface area contributed by atoms with Gasteiger partial charge in [-0.05, 0) is 30.3 Å². The van der Waals surface area contributed by atoms with Crippen molar-refractivity contribution < 1.29 is 23.7 Å².